The van der Waals surface area contributed by atoms with Gasteiger partial charge in [-0.05, 0) is 18.6 Å². The third-order valence-corrected chi connectivity index (χ3v) is 4.49. The number of ether oxygens (including phenoxy) is 1. The minimum absolute atomic E-state index is 0.0294. The number of carboxylic acid groups (broad SMARTS) is 1. The molecule has 0 aliphatic carbocycles. The predicted molar refractivity (Wildman–Crippen MR) is 107 cm³/mol. The molecule has 4 atom stereocenters. The zero-order valence-corrected chi connectivity index (χ0v) is 16.4. The lowest BCUT2D eigenvalue weighted by atomic mass is 10.1. The van der Waals surface area contributed by atoms with Crippen molar-refractivity contribution in [1.29, 1.82) is 5.41 Å². The van der Waals surface area contributed by atoms with Gasteiger partial charge in [-0.1, -0.05) is 6.08 Å². The summed E-state index contributed by atoms with van der Waals surface area (Å²) in [5.74, 6) is -1.84. The van der Waals surface area contributed by atoms with Crippen molar-refractivity contribution in [2.24, 2.45) is 11.5 Å². The third-order valence-electron chi connectivity index (χ3n) is 4.49. The molecule has 0 saturated carbocycles. The van der Waals surface area contributed by atoms with Crippen molar-refractivity contribution in [3.63, 3.8) is 0 Å². The van der Waals surface area contributed by atoms with Crippen LogP contribution in [0.25, 0.3) is 0 Å². The second-order valence-corrected chi connectivity index (χ2v) is 6.87. The molecule has 0 aromatic carbocycles. The molecule has 30 heavy (non-hydrogen) atoms. The van der Waals surface area contributed by atoms with E-state index >= 15 is 0 Å². The fourth-order valence-corrected chi connectivity index (χ4v) is 2.77. The predicted octanol–water partition coefficient (Wildman–Crippen LogP) is -2.22. The summed E-state index contributed by atoms with van der Waals surface area (Å²) < 4.78 is 6.57. The summed E-state index contributed by atoms with van der Waals surface area (Å²) in [6.07, 6.45) is 2.17. The van der Waals surface area contributed by atoms with E-state index in [4.69, 9.17) is 27.3 Å². The van der Waals surface area contributed by atoms with Crippen molar-refractivity contribution < 1.29 is 19.4 Å². The Labute approximate surface area is 172 Å². The van der Waals surface area contributed by atoms with Crippen molar-refractivity contribution >= 4 is 23.7 Å². The molecule has 164 valence electrons. The van der Waals surface area contributed by atoms with Gasteiger partial charge in [-0.3, -0.25) is 14.8 Å². The van der Waals surface area contributed by atoms with E-state index in [1.807, 2.05) is 0 Å². The number of carbonyl (C=O) groups is 2. The number of carbonyl (C=O) groups excluding carboxylic acids is 1. The van der Waals surface area contributed by atoms with Gasteiger partial charge in [0, 0.05) is 32.3 Å². The molecule has 1 aromatic heterocycles. The zero-order chi connectivity index (χ0) is 22.4. The van der Waals surface area contributed by atoms with Crippen LogP contribution in [-0.4, -0.2) is 69.2 Å². The molecule has 0 unspecified atom stereocenters. The van der Waals surface area contributed by atoms with E-state index in [1.165, 1.54) is 29.3 Å². The first-order valence-corrected chi connectivity index (χ1v) is 9.10. The van der Waals surface area contributed by atoms with Gasteiger partial charge in [-0.25, -0.2) is 9.59 Å². The summed E-state index contributed by atoms with van der Waals surface area (Å²) in [5, 5.41) is 19.4. The van der Waals surface area contributed by atoms with E-state index in [0.717, 1.165) is 4.57 Å². The molecule has 1 aliphatic heterocycles. The minimum atomic E-state index is -1.42. The Kier molecular flexibility index (Phi) is 7.49. The van der Waals surface area contributed by atoms with Gasteiger partial charge in [0.25, 0.3) is 0 Å². The van der Waals surface area contributed by atoms with Gasteiger partial charge in [0.05, 0.1) is 6.04 Å². The number of amides is 1. The molecule has 1 aliphatic rings. The van der Waals surface area contributed by atoms with Crippen molar-refractivity contribution in [2.45, 2.75) is 37.3 Å². The number of hydrogen-bond acceptors (Lipinski definition) is 8. The highest BCUT2D eigenvalue weighted by molar-refractivity contribution is 5.80. The van der Waals surface area contributed by atoms with Crippen LogP contribution in [0.3, 0.4) is 0 Å². The molecule has 0 spiro atoms. The number of aromatic nitrogens is 2. The van der Waals surface area contributed by atoms with E-state index in [-0.39, 0.29) is 18.2 Å². The number of nitrogens with one attached hydrogen (secondary N) is 2. The Morgan fingerprint density at radius 2 is 2.17 bits per heavy atom. The maximum Gasteiger partial charge on any atom is 0.351 e. The first kappa shape index (κ1) is 22.8. The van der Waals surface area contributed by atoms with E-state index in [1.54, 1.807) is 7.05 Å². The number of rotatable bonds is 8. The molecule has 2 rings (SSSR count). The number of anilines is 1. The van der Waals surface area contributed by atoms with Crippen LogP contribution in [-0.2, 0) is 14.3 Å². The van der Waals surface area contributed by atoms with Gasteiger partial charge in [-0.15, -0.1) is 0 Å². The summed E-state index contributed by atoms with van der Waals surface area (Å²) in [6.45, 7) is 0.403. The molecule has 2 heterocycles. The fourth-order valence-electron chi connectivity index (χ4n) is 2.77. The van der Waals surface area contributed by atoms with Crippen LogP contribution >= 0.6 is 0 Å². The summed E-state index contributed by atoms with van der Waals surface area (Å²) in [6, 6.07) is -0.0702. The number of guanidine groups is 1. The monoisotopic (exact) mass is 422 g/mol. The molecule has 13 nitrogen and oxygen atoms in total. The Balaban J connectivity index is 2.01. The van der Waals surface area contributed by atoms with Crippen molar-refractivity contribution in [3.8, 4) is 0 Å². The number of aliphatic carboxylic acids is 1. The summed E-state index contributed by atoms with van der Waals surface area (Å²) in [5.41, 5.74) is 16.0. The molecular weight excluding hydrogens is 396 g/mol. The topological polar surface area (TPSA) is 216 Å². The molecule has 1 aromatic rings. The number of hydrogen-bond donors (Lipinski definition) is 6. The average molecular weight is 422 g/mol. The normalized spacial score (nSPS) is 21.6. The molecule has 1 amide bonds. The zero-order valence-electron chi connectivity index (χ0n) is 16.4. The Morgan fingerprint density at radius 3 is 2.77 bits per heavy atom. The fraction of sp³-hybridized carbons (Fsp3) is 0.471. The summed E-state index contributed by atoms with van der Waals surface area (Å²) in [4.78, 5) is 40.9. The van der Waals surface area contributed by atoms with E-state index in [9.17, 15) is 19.5 Å². The van der Waals surface area contributed by atoms with E-state index in [0.29, 0.717) is 13.0 Å². The van der Waals surface area contributed by atoms with E-state index in [2.05, 4.69) is 10.3 Å². The number of nitrogens with two attached hydrogens (primary N) is 3. The second kappa shape index (κ2) is 9.84. The van der Waals surface area contributed by atoms with Gasteiger partial charge in [0.15, 0.2) is 18.3 Å². The lowest BCUT2D eigenvalue weighted by Gasteiger charge is -2.31. The Morgan fingerprint density at radius 1 is 1.47 bits per heavy atom. The second-order valence-electron chi connectivity index (χ2n) is 6.87. The molecule has 0 bridgehead atoms. The van der Waals surface area contributed by atoms with Crippen molar-refractivity contribution in [2.75, 3.05) is 19.3 Å². The van der Waals surface area contributed by atoms with Crippen LogP contribution < -0.4 is 28.2 Å². The summed E-state index contributed by atoms with van der Waals surface area (Å²) >= 11 is 0. The van der Waals surface area contributed by atoms with Gasteiger partial charge in [0.2, 0.25) is 5.91 Å². The molecule has 0 fully saturated rings. The average Bonchev–Trinajstić information content (AvgIpc) is 2.66. The van der Waals surface area contributed by atoms with Gasteiger partial charge in [-0.2, -0.15) is 4.98 Å². The minimum Gasteiger partial charge on any atom is -0.479 e. The first-order valence-electron chi connectivity index (χ1n) is 9.10. The highest BCUT2D eigenvalue weighted by Gasteiger charge is 2.35. The highest BCUT2D eigenvalue weighted by atomic mass is 16.5. The molecule has 9 N–H and O–H groups in total. The lowest BCUT2D eigenvalue weighted by molar-refractivity contribution is -0.159. The van der Waals surface area contributed by atoms with Gasteiger partial charge in [0.1, 0.15) is 5.82 Å². The van der Waals surface area contributed by atoms with Gasteiger partial charge >= 0.3 is 11.7 Å². The van der Waals surface area contributed by atoms with Crippen LogP contribution in [0.2, 0.25) is 0 Å². The van der Waals surface area contributed by atoms with Gasteiger partial charge < -0.3 is 37.3 Å². The maximum atomic E-state index is 12.3. The largest absolute Gasteiger partial charge is 0.479 e. The Bertz CT molecular complexity index is 885. The van der Waals surface area contributed by atoms with Crippen LogP contribution in [0.15, 0.2) is 29.2 Å². The van der Waals surface area contributed by atoms with E-state index < -0.39 is 42.0 Å². The lowest BCUT2D eigenvalue weighted by Crippen LogP contribution is -2.51. The molecule has 0 radical (unpaired) electrons. The van der Waals surface area contributed by atoms with Crippen molar-refractivity contribution in [3.05, 3.63) is 34.9 Å². The molecule has 13 heteroatoms. The van der Waals surface area contributed by atoms with Crippen LogP contribution in [0.1, 0.15) is 19.1 Å². The molecule has 0 saturated heterocycles. The molecular formula is C17H26N8O5. The SMILES string of the molecule is CN(CC[C@@H](N)CC(=O)N[C@@H]1C=C[C@H](n2ccc(N)nc2=O)O[C@@H]1C(=O)O)C(=N)N. The number of carboxylic acids is 1. The first-order chi connectivity index (χ1) is 14.1. The quantitative estimate of drug-likeness (QED) is 0.151. The third kappa shape index (κ3) is 6.02. The number of nitrogen functional groups attached to an aromatic ring is 1. The van der Waals surface area contributed by atoms with Crippen molar-refractivity contribution in [1.82, 2.24) is 19.8 Å². The van der Waals surface area contributed by atoms with Crippen LogP contribution in [0.5, 0.6) is 0 Å². The Hall–Kier alpha value is -3.45. The number of nitrogens with zero attached hydrogens (tertiary/aromatic N) is 3. The summed E-state index contributed by atoms with van der Waals surface area (Å²) in [7, 11) is 1.63. The van der Waals surface area contributed by atoms with Crippen LogP contribution in [0, 0.1) is 5.41 Å². The standard InChI is InChI=1S/C17H26N8O5/c1-24(16(20)21)6-4-9(18)8-12(26)22-10-2-3-13(30-14(10)15(27)28)25-7-5-11(19)23-17(25)29/h2-3,5,7,9-10,13-14H,4,6,8,18H2,1H3,(H3,20,21)(H,22,26)(H,27,28)(H2,19,23,29)/t9-,10-,13-,14+/m1/s1. The maximum absolute atomic E-state index is 12.3. The van der Waals surface area contributed by atoms with Crippen LogP contribution in [0.4, 0.5) is 5.82 Å². The smallest absolute Gasteiger partial charge is 0.351 e. The highest BCUT2D eigenvalue weighted by Crippen LogP contribution is 2.20.